The SMILES string of the molecule is COc1ccc(C2(C(=O)NC3CCc4c(F)cccc43)CCOCC2)cc1. The molecule has 2 aromatic carbocycles. The first-order chi connectivity index (χ1) is 13.1. The molecule has 0 spiro atoms. The summed E-state index contributed by atoms with van der Waals surface area (Å²) in [5, 5.41) is 3.21. The highest BCUT2D eigenvalue weighted by molar-refractivity contribution is 5.89. The lowest BCUT2D eigenvalue weighted by atomic mass is 9.73. The van der Waals surface area contributed by atoms with Crippen molar-refractivity contribution in [3.8, 4) is 5.75 Å². The van der Waals surface area contributed by atoms with E-state index in [1.165, 1.54) is 6.07 Å². The molecule has 1 amide bonds. The van der Waals surface area contributed by atoms with Gasteiger partial charge in [0, 0.05) is 13.2 Å². The fraction of sp³-hybridized carbons (Fsp3) is 0.409. The number of fused-ring (bicyclic) bond motifs is 1. The Morgan fingerprint density at radius 2 is 1.93 bits per heavy atom. The van der Waals surface area contributed by atoms with E-state index in [9.17, 15) is 9.18 Å². The van der Waals surface area contributed by atoms with E-state index in [1.807, 2.05) is 30.3 Å². The maximum Gasteiger partial charge on any atom is 0.231 e. The number of rotatable bonds is 4. The van der Waals surface area contributed by atoms with E-state index in [1.54, 1.807) is 13.2 Å². The molecule has 1 aliphatic heterocycles. The summed E-state index contributed by atoms with van der Waals surface area (Å²) in [5.74, 6) is 0.583. The molecule has 0 radical (unpaired) electrons. The lowest BCUT2D eigenvalue weighted by molar-refractivity contribution is -0.131. The van der Waals surface area contributed by atoms with Crippen LogP contribution in [0.15, 0.2) is 42.5 Å². The molecule has 142 valence electrons. The Balaban J connectivity index is 1.62. The average molecular weight is 369 g/mol. The Bertz CT molecular complexity index is 828. The van der Waals surface area contributed by atoms with Gasteiger partial charge < -0.3 is 14.8 Å². The van der Waals surface area contributed by atoms with Gasteiger partial charge in [0.05, 0.1) is 18.6 Å². The molecule has 0 bridgehead atoms. The molecule has 1 fully saturated rings. The van der Waals surface area contributed by atoms with Gasteiger partial charge in [0.2, 0.25) is 5.91 Å². The third-order valence-corrected chi connectivity index (χ3v) is 5.94. The Kier molecular flexibility index (Phi) is 4.87. The molecular formula is C22H24FNO3. The molecule has 1 heterocycles. The minimum Gasteiger partial charge on any atom is -0.497 e. The van der Waals surface area contributed by atoms with Gasteiger partial charge in [0.1, 0.15) is 11.6 Å². The molecule has 27 heavy (non-hydrogen) atoms. The summed E-state index contributed by atoms with van der Waals surface area (Å²) in [6, 6.07) is 12.7. The smallest absolute Gasteiger partial charge is 0.231 e. The van der Waals surface area contributed by atoms with E-state index in [0.717, 1.165) is 28.9 Å². The molecule has 4 nitrogen and oxygen atoms in total. The van der Waals surface area contributed by atoms with Crippen LogP contribution in [0.5, 0.6) is 5.75 Å². The van der Waals surface area contributed by atoms with Gasteiger partial charge in [0.25, 0.3) is 0 Å². The van der Waals surface area contributed by atoms with Gasteiger partial charge in [-0.1, -0.05) is 24.3 Å². The number of carbonyl (C=O) groups excluding carboxylic acids is 1. The van der Waals surface area contributed by atoms with Crippen molar-refractivity contribution >= 4 is 5.91 Å². The van der Waals surface area contributed by atoms with Crippen LogP contribution in [0.25, 0.3) is 0 Å². The molecule has 1 aliphatic carbocycles. The van der Waals surface area contributed by atoms with Crippen molar-refractivity contribution in [2.75, 3.05) is 20.3 Å². The monoisotopic (exact) mass is 369 g/mol. The number of hydrogen-bond acceptors (Lipinski definition) is 3. The quantitative estimate of drug-likeness (QED) is 0.894. The first-order valence-electron chi connectivity index (χ1n) is 9.44. The highest BCUT2D eigenvalue weighted by Crippen LogP contribution is 2.38. The standard InChI is InChI=1S/C22H24FNO3/c1-26-16-7-5-15(6-8-16)22(11-13-27-14-12-22)21(25)24-20-10-9-17-18(20)3-2-4-19(17)23/h2-8,20H,9-14H2,1H3,(H,24,25). The van der Waals surface area contributed by atoms with Gasteiger partial charge in [-0.25, -0.2) is 4.39 Å². The van der Waals surface area contributed by atoms with E-state index in [2.05, 4.69) is 5.32 Å². The molecule has 4 rings (SSSR count). The molecular weight excluding hydrogens is 345 g/mol. The number of carbonyl (C=O) groups is 1. The summed E-state index contributed by atoms with van der Waals surface area (Å²) >= 11 is 0. The fourth-order valence-corrected chi connectivity index (χ4v) is 4.33. The minimum atomic E-state index is -0.624. The first-order valence-corrected chi connectivity index (χ1v) is 9.44. The molecule has 1 atom stereocenters. The first kappa shape index (κ1) is 18.0. The third-order valence-electron chi connectivity index (χ3n) is 5.94. The average Bonchev–Trinajstić information content (AvgIpc) is 3.13. The highest BCUT2D eigenvalue weighted by Gasteiger charge is 2.43. The van der Waals surface area contributed by atoms with Crippen LogP contribution in [-0.2, 0) is 21.4 Å². The molecule has 1 N–H and O–H groups in total. The predicted molar refractivity (Wildman–Crippen MR) is 100 cm³/mol. The van der Waals surface area contributed by atoms with E-state index in [-0.39, 0.29) is 17.8 Å². The van der Waals surface area contributed by atoms with Gasteiger partial charge >= 0.3 is 0 Å². The zero-order chi connectivity index (χ0) is 18.9. The van der Waals surface area contributed by atoms with Crippen molar-refractivity contribution in [3.05, 3.63) is 65.0 Å². The Morgan fingerprint density at radius 1 is 1.19 bits per heavy atom. The maximum absolute atomic E-state index is 14.0. The van der Waals surface area contributed by atoms with Crippen molar-refractivity contribution in [3.63, 3.8) is 0 Å². The van der Waals surface area contributed by atoms with Gasteiger partial charge in [0.15, 0.2) is 0 Å². The minimum absolute atomic E-state index is 0.00178. The number of benzene rings is 2. The van der Waals surface area contributed by atoms with Crippen LogP contribution in [0, 0.1) is 5.82 Å². The Hall–Kier alpha value is -2.40. The molecule has 1 saturated heterocycles. The largest absolute Gasteiger partial charge is 0.497 e. The molecule has 0 aromatic heterocycles. The lowest BCUT2D eigenvalue weighted by Crippen LogP contribution is -2.48. The normalized spacial score (nSPS) is 20.7. The van der Waals surface area contributed by atoms with Crippen LogP contribution < -0.4 is 10.1 Å². The van der Waals surface area contributed by atoms with Gasteiger partial charge in [-0.05, 0) is 60.6 Å². The Labute approximate surface area is 158 Å². The van der Waals surface area contributed by atoms with E-state index in [4.69, 9.17) is 9.47 Å². The van der Waals surface area contributed by atoms with Crippen LogP contribution in [-0.4, -0.2) is 26.2 Å². The second kappa shape index (κ2) is 7.31. The number of nitrogens with one attached hydrogen (secondary N) is 1. The summed E-state index contributed by atoms with van der Waals surface area (Å²) in [4.78, 5) is 13.4. The molecule has 2 aromatic rings. The topological polar surface area (TPSA) is 47.6 Å². The highest BCUT2D eigenvalue weighted by atomic mass is 19.1. The van der Waals surface area contributed by atoms with Crippen LogP contribution in [0.1, 0.15) is 42.0 Å². The zero-order valence-electron chi connectivity index (χ0n) is 15.5. The van der Waals surface area contributed by atoms with Crippen molar-refractivity contribution in [1.29, 1.82) is 0 Å². The number of halogens is 1. The second-order valence-electron chi connectivity index (χ2n) is 7.30. The number of amides is 1. The van der Waals surface area contributed by atoms with Crippen molar-refractivity contribution in [2.24, 2.45) is 0 Å². The fourth-order valence-electron chi connectivity index (χ4n) is 4.33. The summed E-state index contributed by atoms with van der Waals surface area (Å²) < 4.78 is 24.8. The van der Waals surface area contributed by atoms with Crippen molar-refractivity contribution < 1.29 is 18.7 Å². The second-order valence-corrected chi connectivity index (χ2v) is 7.30. The van der Waals surface area contributed by atoms with Crippen LogP contribution in [0.2, 0.25) is 0 Å². The molecule has 1 unspecified atom stereocenters. The van der Waals surface area contributed by atoms with Gasteiger partial charge in [-0.3, -0.25) is 4.79 Å². The molecule has 0 saturated carbocycles. The van der Waals surface area contributed by atoms with Crippen LogP contribution >= 0.6 is 0 Å². The van der Waals surface area contributed by atoms with Gasteiger partial charge in [-0.2, -0.15) is 0 Å². The lowest BCUT2D eigenvalue weighted by Gasteiger charge is -2.37. The summed E-state index contributed by atoms with van der Waals surface area (Å²) in [7, 11) is 1.63. The van der Waals surface area contributed by atoms with E-state index in [0.29, 0.717) is 32.5 Å². The van der Waals surface area contributed by atoms with E-state index < -0.39 is 5.41 Å². The van der Waals surface area contributed by atoms with Crippen molar-refractivity contribution in [1.82, 2.24) is 5.32 Å². The predicted octanol–water partition coefficient (Wildman–Crippen LogP) is 3.69. The number of hydrogen-bond donors (Lipinski definition) is 1. The summed E-state index contributed by atoms with van der Waals surface area (Å²) in [6.07, 6.45) is 2.66. The zero-order valence-corrected chi connectivity index (χ0v) is 15.5. The summed E-state index contributed by atoms with van der Waals surface area (Å²) in [5.41, 5.74) is 1.98. The maximum atomic E-state index is 14.0. The molecule has 5 heteroatoms. The Morgan fingerprint density at radius 3 is 2.63 bits per heavy atom. The summed E-state index contributed by atoms with van der Waals surface area (Å²) in [6.45, 7) is 1.10. The van der Waals surface area contributed by atoms with E-state index >= 15 is 0 Å². The van der Waals surface area contributed by atoms with Crippen LogP contribution in [0.4, 0.5) is 4.39 Å². The molecule has 2 aliphatic rings. The van der Waals surface area contributed by atoms with Crippen LogP contribution in [0.3, 0.4) is 0 Å². The van der Waals surface area contributed by atoms with Crippen molar-refractivity contribution in [2.45, 2.75) is 37.1 Å². The number of ether oxygens (including phenoxy) is 2. The number of methoxy groups -OCH3 is 1. The van der Waals surface area contributed by atoms with Gasteiger partial charge in [-0.15, -0.1) is 0 Å². The third kappa shape index (κ3) is 3.21.